The fraction of sp³-hybridized carbons (Fsp3) is 0.214. The molecule has 19 heavy (non-hydrogen) atoms. The lowest BCUT2D eigenvalue weighted by Gasteiger charge is -2.14. The zero-order valence-electron chi connectivity index (χ0n) is 10.3. The lowest BCUT2D eigenvalue weighted by Crippen LogP contribution is -2.05. The van der Waals surface area contributed by atoms with Crippen LogP contribution in [0.5, 0.6) is 5.88 Å². The van der Waals surface area contributed by atoms with Gasteiger partial charge in [-0.15, -0.1) is 0 Å². The van der Waals surface area contributed by atoms with Gasteiger partial charge in [0, 0.05) is 28.2 Å². The van der Waals surface area contributed by atoms with Gasteiger partial charge < -0.3 is 9.84 Å². The Balaban J connectivity index is 2.25. The summed E-state index contributed by atoms with van der Waals surface area (Å²) in [6, 6.07) is 8.70. The van der Waals surface area contributed by atoms with Gasteiger partial charge in [0.05, 0.1) is 13.2 Å². The molecule has 2 rings (SSSR count). The van der Waals surface area contributed by atoms with Gasteiger partial charge in [-0.05, 0) is 35.9 Å². The van der Waals surface area contributed by atoms with Gasteiger partial charge in [-0.25, -0.2) is 4.98 Å². The molecule has 1 heterocycles. The van der Waals surface area contributed by atoms with Crippen LogP contribution in [0.1, 0.15) is 17.2 Å². The SMILES string of the molecule is COc1ncccc1C(O)Cc1cc(Cl)ccc1Cl. The van der Waals surface area contributed by atoms with Crippen molar-refractivity contribution in [3.8, 4) is 5.88 Å². The molecule has 0 saturated heterocycles. The van der Waals surface area contributed by atoms with Crippen molar-refractivity contribution in [3.05, 3.63) is 57.7 Å². The van der Waals surface area contributed by atoms with Crippen LogP contribution in [-0.2, 0) is 6.42 Å². The predicted octanol–water partition coefficient (Wildman–Crippen LogP) is 3.67. The van der Waals surface area contributed by atoms with Crippen LogP contribution >= 0.6 is 23.2 Å². The molecular weight excluding hydrogens is 285 g/mol. The molecule has 1 unspecified atom stereocenters. The number of aliphatic hydroxyl groups is 1. The highest BCUT2D eigenvalue weighted by molar-refractivity contribution is 6.33. The van der Waals surface area contributed by atoms with Gasteiger partial charge in [0.25, 0.3) is 0 Å². The number of halogens is 2. The van der Waals surface area contributed by atoms with Gasteiger partial charge in [0.15, 0.2) is 0 Å². The second kappa shape index (κ2) is 6.24. The number of ether oxygens (including phenoxy) is 1. The van der Waals surface area contributed by atoms with Crippen LogP contribution in [0.2, 0.25) is 10.0 Å². The monoisotopic (exact) mass is 297 g/mol. The molecule has 0 radical (unpaired) electrons. The first-order valence-corrected chi connectivity index (χ1v) is 6.48. The van der Waals surface area contributed by atoms with E-state index in [4.69, 9.17) is 27.9 Å². The second-order valence-electron chi connectivity index (χ2n) is 4.06. The molecule has 0 spiro atoms. The highest BCUT2D eigenvalue weighted by Gasteiger charge is 2.16. The third-order valence-corrected chi connectivity index (χ3v) is 3.38. The first-order chi connectivity index (χ1) is 9.11. The molecule has 0 fully saturated rings. The van der Waals surface area contributed by atoms with Crippen molar-refractivity contribution >= 4 is 23.2 Å². The van der Waals surface area contributed by atoms with Crippen LogP contribution in [0, 0.1) is 0 Å². The highest BCUT2D eigenvalue weighted by atomic mass is 35.5. The average molecular weight is 298 g/mol. The van der Waals surface area contributed by atoms with Gasteiger partial charge in [-0.3, -0.25) is 0 Å². The van der Waals surface area contributed by atoms with E-state index in [0.717, 1.165) is 5.56 Å². The number of rotatable bonds is 4. The number of aromatic nitrogens is 1. The first kappa shape index (κ1) is 14.1. The smallest absolute Gasteiger partial charge is 0.218 e. The Bertz CT molecular complexity index is 575. The Morgan fingerprint density at radius 3 is 2.84 bits per heavy atom. The first-order valence-electron chi connectivity index (χ1n) is 5.72. The molecule has 0 saturated carbocycles. The van der Waals surface area contributed by atoms with E-state index in [1.807, 2.05) is 0 Å². The number of hydrogen-bond donors (Lipinski definition) is 1. The van der Waals surface area contributed by atoms with Gasteiger partial charge in [-0.1, -0.05) is 23.2 Å². The summed E-state index contributed by atoms with van der Waals surface area (Å²) in [5.41, 5.74) is 1.41. The predicted molar refractivity (Wildman–Crippen MR) is 75.9 cm³/mol. The molecule has 3 nitrogen and oxygen atoms in total. The number of methoxy groups -OCH3 is 1. The third kappa shape index (κ3) is 3.38. The summed E-state index contributed by atoms with van der Waals surface area (Å²) in [4.78, 5) is 4.06. The van der Waals surface area contributed by atoms with E-state index < -0.39 is 6.10 Å². The number of benzene rings is 1. The van der Waals surface area contributed by atoms with Crippen molar-refractivity contribution in [2.45, 2.75) is 12.5 Å². The average Bonchev–Trinajstić information content (AvgIpc) is 2.42. The van der Waals surface area contributed by atoms with Crippen molar-refractivity contribution in [1.29, 1.82) is 0 Å². The van der Waals surface area contributed by atoms with Crippen LogP contribution < -0.4 is 4.74 Å². The Morgan fingerprint density at radius 1 is 1.32 bits per heavy atom. The molecule has 1 atom stereocenters. The van der Waals surface area contributed by atoms with Crippen LogP contribution in [0.25, 0.3) is 0 Å². The largest absolute Gasteiger partial charge is 0.481 e. The Hall–Kier alpha value is -1.29. The number of pyridine rings is 1. The Morgan fingerprint density at radius 2 is 2.11 bits per heavy atom. The Kier molecular flexibility index (Phi) is 4.64. The summed E-state index contributed by atoms with van der Waals surface area (Å²) in [6.45, 7) is 0. The fourth-order valence-electron chi connectivity index (χ4n) is 1.85. The molecule has 0 aliphatic carbocycles. The number of aliphatic hydroxyl groups excluding tert-OH is 1. The maximum Gasteiger partial charge on any atom is 0.218 e. The van der Waals surface area contributed by atoms with E-state index >= 15 is 0 Å². The molecule has 0 bridgehead atoms. The third-order valence-electron chi connectivity index (χ3n) is 2.77. The van der Waals surface area contributed by atoms with Crippen LogP contribution in [0.15, 0.2) is 36.5 Å². The quantitative estimate of drug-likeness (QED) is 0.936. The van der Waals surface area contributed by atoms with E-state index in [0.29, 0.717) is 27.9 Å². The summed E-state index contributed by atoms with van der Waals surface area (Å²) in [6.07, 6.45) is 1.21. The molecule has 0 aliphatic heterocycles. The number of nitrogens with zero attached hydrogens (tertiary/aromatic N) is 1. The van der Waals surface area contributed by atoms with E-state index in [1.54, 1.807) is 36.5 Å². The van der Waals surface area contributed by atoms with Crippen molar-refractivity contribution in [2.75, 3.05) is 7.11 Å². The maximum absolute atomic E-state index is 10.3. The molecule has 1 aromatic heterocycles. The van der Waals surface area contributed by atoms with Crippen molar-refractivity contribution in [1.82, 2.24) is 4.98 Å². The molecule has 1 N–H and O–H groups in total. The molecular formula is C14H13Cl2NO2. The molecule has 0 aliphatic rings. The standard InChI is InChI=1S/C14H13Cl2NO2/c1-19-14-11(3-2-6-17-14)13(18)8-9-7-10(15)4-5-12(9)16/h2-7,13,18H,8H2,1H3. The van der Waals surface area contributed by atoms with Gasteiger partial charge in [0.1, 0.15) is 0 Å². The molecule has 1 aromatic carbocycles. The normalized spacial score (nSPS) is 12.2. The number of hydrogen-bond acceptors (Lipinski definition) is 3. The minimum absolute atomic E-state index is 0.349. The second-order valence-corrected chi connectivity index (χ2v) is 4.90. The zero-order chi connectivity index (χ0) is 13.8. The summed E-state index contributed by atoms with van der Waals surface area (Å²) in [5, 5.41) is 11.4. The summed E-state index contributed by atoms with van der Waals surface area (Å²) >= 11 is 12.0. The zero-order valence-corrected chi connectivity index (χ0v) is 11.8. The van der Waals surface area contributed by atoms with E-state index in [9.17, 15) is 5.11 Å². The summed E-state index contributed by atoms with van der Waals surface area (Å²) in [7, 11) is 1.52. The highest BCUT2D eigenvalue weighted by Crippen LogP contribution is 2.29. The molecule has 5 heteroatoms. The maximum atomic E-state index is 10.3. The van der Waals surface area contributed by atoms with Gasteiger partial charge >= 0.3 is 0 Å². The summed E-state index contributed by atoms with van der Waals surface area (Å²) < 4.78 is 5.13. The summed E-state index contributed by atoms with van der Waals surface area (Å²) in [5.74, 6) is 0.410. The fourth-order valence-corrected chi connectivity index (χ4v) is 2.23. The van der Waals surface area contributed by atoms with Crippen molar-refractivity contribution in [3.63, 3.8) is 0 Å². The van der Waals surface area contributed by atoms with Crippen LogP contribution in [0.4, 0.5) is 0 Å². The van der Waals surface area contributed by atoms with Crippen molar-refractivity contribution in [2.24, 2.45) is 0 Å². The lowest BCUT2D eigenvalue weighted by molar-refractivity contribution is 0.173. The molecule has 2 aromatic rings. The van der Waals surface area contributed by atoms with E-state index in [2.05, 4.69) is 4.98 Å². The van der Waals surface area contributed by atoms with Crippen molar-refractivity contribution < 1.29 is 9.84 Å². The minimum atomic E-state index is -0.750. The molecule has 100 valence electrons. The van der Waals surface area contributed by atoms with Gasteiger partial charge in [0.2, 0.25) is 5.88 Å². The topological polar surface area (TPSA) is 42.4 Å². The van der Waals surface area contributed by atoms with E-state index in [1.165, 1.54) is 7.11 Å². The molecule has 0 amide bonds. The minimum Gasteiger partial charge on any atom is -0.481 e. The van der Waals surface area contributed by atoms with Gasteiger partial charge in [-0.2, -0.15) is 0 Å². The van der Waals surface area contributed by atoms with Crippen LogP contribution in [0.3, 0.4) is 0 Å². The lowest BCUT2D eigenvalue weighted by atomic mass is 10.0. The Labute approximate surface area is 121 Å². The van der Waals surface area contributed by atoms with Crippen LogP contribution in [-0.4, -0.2) is 17.2 Å². The van der Waals surface area contributed by atoms with E-state index in [-0.39, 0.29) is 0 Å².